The average Bonchev–Trinajstić information content (AvgIpc) is 3.15. The summed E-state index contributed by atoms with van der Waals surface area (Å²) in [4.78, 5) is 42.3. The van der Waals surface area contributed by atoms with E-state index in [1.54, 1.807) is 6.07 Å². The van der Waals surface area contributed by atoms with Crippen LogP contribution in [0.2, 0.25) is 0 Å². The molecule has 3 heterocycles. The number of hydrogen-bond acceptors (Lipinski definition) is 6. The molecular formula is C25H27FN4O4. The van der Waals surface area contributed by atoms with Gasteiger partial charge in [-0.2, -0.15) is 0 Å². The summed E-state index contributed by atoms with van der Waals surface area (Å²) in [6.07, 6.45) is 0.469. The molecule has 5 rings (SSSR count). The number of imide groups is 1. The van der Waals surface area contributed by atoms with Crippen LogP contribution >= 0.6 is 0 Å². The summed E-state index contributed by atoms with van der Waals surface area (Å²) in [6.45, 7) is 3.94. The highest BCUT2D eigenvalue weighted by atomic mass is 19.1. The van der Waals surface area contributed by atoms with E-state index >= 15 is 4.39 Å². The van der Waals surface area contributed by atoms with Gasteiger partial charge in [-0.1, -0.05) is 24.3 Å². The molecule has 2 aromatic rings. The van der Waals surface area contributed by atoms with Gasteiger partial charge in [-0.3, -0.25) is 24.6 Å². The highest BCUT2D eigenvalue weighted by Gasteiger charge is 2.39. The third kappa shape index (κ3) is 4.28. The molecule has 2 N–H and O–H groups in total. The van der Waals surface area contributed by atoms with Gasteiger partial charge in [0.15, 0.2) is 0 Å². The Morgan fingerprint density at radius 3 is 2.38 bits per heavy atom. The van der Waals surface area contributed by atoms with Crippen molar-refractivity contribution in [2.24, 2.45) is 0 Å². The molecule has 0 saturated carbocycles. The quantitative estimate of drug-likeness (QED) is 0.648. The molecule has 2 aromatic carbocycles. The van der Waals surface area contributed by atoms with Gasteiger partial charge in [-0.05, 0) is 35.2 Å². The van der Waals surface area contributed by atoms with Crippen LogP contribution in [0, 0.1) is 5.82 Å². The van der Waals surface area contributed by atoms with Crippen LogP contribution in [-0.4, -0.2) is 64.8 Å². The molecular weight excluding hydrogens is 439 g/mol. The van der Waals surface area contributed by atoms with Crippen LogP contribution in [0.15, 0.2) is 36.4 Å². The summed E-state index contributed by atoms with van der Waals surface area (Å²) in [6, 6.07) is 10.2. The number of piperidine rings is 1. The molecule has 0 aromatic heterocycles. The van der Waals surface area contributed by atoms with E-state index in [4.69, 9.17) is 0 Å². The smallest absolute Gasteiger partial charge is 0.255 e. The van der Waals surface area contributed by atoms with Gasteiger partial charge in [0.25, 0.3) is 5.91 Å². The monoisotopic (exact) mass is 466 g/mol. The van der Waals surface area contributed by atoms with E-state index in [2.05, 4.69) is 10.2 Å². The maximum atomic E-state index is 15.0. The molecule has 0 bridgehead atoms. The Balaban J connectivity index is 1.25. The molecule has 1 atom stereocenters. The predicted octanol–water partition coefficient (Wildman–Crippen LogP) is 1.40. The fourth-order valence-corrected chi connectivity index (χ4v) is 4.97. The average molecular weight is 467 g/mol. The van der Waals surface area contributed by atoms with Crippen molar-refractivity contribution in [2.75, 3.05) is 31.1 Å². The largest absolute Gasteiger partial charge is 0.392 e. The first-order valence-electron chi connectivity index (χ1n) is 11.6. The van der Waals surface area contributed by atoms with Gasteiger partial charge in [-0.15, -0.1) is 0 Å². The highest BCUT2D eigenvalue weighted by molar-refractivity contribution is 6.05. The van der Waals surface area contributed by atoms with Crippen LogP contribution in [-0.2, 0) is 29.3 Å². The maximum Gasteiger partial charge on any atom is 0.255 e. The van der Waals surface area contributed by atoms with Gasteiger partial charge >= 0.3 is 0 Å². The van der Waals surface area contributed by atoms with Crippen molar-refractivity contribution in [3.05, 3.63) is 64.5 Å². The molecule has 1 unspecified atom stereocenters. The zero-order valence-electron chi connectivity index (χ0n) is 18.8. The lowest BCUT2D eigenvalue weighted by molar-refractivity contribution is -0.136. The molecule has 8 nitrogen and oxygen atoms in total. The van der Waals surface area contributed by atoms with Crippen molar-refractivity contribution in [3.8, 4) is 0 Å². The Labute approximate surface area is 196 Å². The van der Waals surface area contributed by atoms with E-state index in [9.17, 15) is 19.5 Å². The first-order valence-corrected chi connectivity index (χ1v) is 11.6. The molecule has 3 aliphatic rings. The van der Waals surface area contributed by atoms with Crippen LogP contribution < -0.4 is 10.2 Å². The Morgan fingerprint density at radius 2 is 1.71 bits per heavy atom. The Bertz CT molecular complexity index is 1130. The summed E-state index contributed by atoms with van der Waals surface area (Å²) in [5, 5.41) is 11.5. The minimum absolute atomic E-state index is 0.0299. The van der Waals surface area contributed by atoms with Gasteiger partial charge in [0.2, 0.25) is 11.8 Å². The second-order valence-electron chi connectivity index (χ2n) is 9.10. The third-order valence-electron chi connectivity index (χ3n) is 6.92. The molecule has 34 heavy (non-hydrogen) atoms. The number of aliphatic hydroxyl groups excluding tert-OH is 1. The molecule has 178 valence electrons. The van der Waals surface area contributed by atoms with Crippen LogP contribution in [0.25, 0.3) is 0 Å². The number of carbonyl (C=O) groups excluding carboxylic acids is 3. The maximum absolute atomic E-state index is 15.0. The Kier molecular flexibility index (Phi) is 6.05. The number of piperazine rings is 1. The minimum atomic E-state index is -0.709. The fourth-order valence-electron chi connectivity index (χ4n) is 4.97. The molecule has 0 spiro atoms. The number of hydrogen-bond donors (Lipinski definition) is 2. The summed E-state index contributed by atoms with van der Waals surface area (Å²) in [7, 11) is 0. The summed E-state index contributed by atoms with van der Waals surface area (Å²) in [5.74, 6) is -1.61. The number of rotatable bonds is 5. The third-order valence-corrected chi connectivity index (χ3v) is 6.92. The lowest BCUT2D eigenvalue weighted by Gasteiger charge is -2.36. The fraction of sp³-hybridized carbons (Fsp3) is 0.400. The first kappa shape index (κ1) is 22.5. The minimum Gasteiger partial charge on any atom is -0.392 e. The van der Waals surface area contributed by atoms with Crippen molar-refractivity contribution < 1.29 is 23.9 Å². The number of benzene rings is 2. The van der Waals surface area contributed by atoms with Crippen LogP contribution in [0.5, 0.6) is 0 Å². The SMILES string of the molecule is O=C1CCC(N2Cc3cc(N4CCN(Cc5ccc(CO)cc5)CC4)c(F)cc3C2=O)C(=O)N1. The van der Waals surface area contributed by atoms with Gasteiger partial charge in [0, 0.05) is 51.3 Å². The van der Waals surface area contributed by atoms with Crippen LogP contribution in [0.4, 0.5) is 10.1 Å². The molecule has 9 heteroatoms. The zero-order valence-corrected chi connectivity index (χ0v) is 18.8. The van der Waals surface area contributed by atoms with Gasteiger partial charge in [0.05, 0.1) is 12.3 Å². The molecule has 3 amide bonds. The normalized spacial score (nSPS) is 21.1. The lowest BCUT2D eigenvalue weighted by Crippen LogP contribution is -2.52. The number of nitrogens with zero attached hydrogens (tertiary/aromatic N) is 3. The zero-order chi connectivity index (χ0) is 23.8. The molecule has 2 fully saturated rings. The van der Waals surface area contributed by atoms with Gasteiger partial charge in [-0.25, -0.2) is 4.39 Å². The summed E-state index contributed by atoms with van der Waals surface area (Å²) < 4.78 is 15.0. The molecule has 0 aliphatic carbocycles. The number of carbonyl (C=O) groups is 3. The van der Waals surface area contributed by atoms with Crippen LogP contribution in [0.3, 0.4) is 0 Å². The van der Waals surface area contributed by atoms with Crippen LogP contribution in [0.1, 0.15) is 39.9 Å². The number of aliphatic hydroxyl groups is 1. The van der Waals surface area contributed by atoms with E-state index in [0.29, 0.717) is 24.3 Å². The summed E-state index contributed by atoms with van der Waals surface area (Å²) >= 11 is 0. The second-order valence-corrected chi connectivity index (χ2v) is 9.10. The van der Waals surface area contributed by atoms with Crippen molar-refractivity contribution in [1.82, 2.24) is 15.1 Å². The van der Waals surface area contributed by atoms with Crippen molar-refractivity contribution >= 4 is 23.4 Å². The number of fused-ring (bicyclic) bond motifs is 1. The molecule has 0 radical (unpaired) electrons. The highest BCUT2D eigenvalue weighted by Crippen LogP contribution is 2.33. The lowest BCUT2D eigenvalue weighted by atomic mass is 10.0. The number of nitrogens with one attached hydrogen (secondary N) is 1. The van der Waals surface area contributed by atoms with E-state index < -0.39 is 17.8 Å². The number of anilines is 1. The standard InChI is InChI=1S/C25H27FN4O4/c26-20-12-19-18(14-30(25(19)34)21-5-6-23(32)27-24(21)33)11-22(20)29-9-7-28(8-10-29)13-16-1-3-17(15-31)4-2-16/h1-4,11-12,21,31H,5-10,13-15H2,(H,27,32,33). The van der Waals surface area contributed by atoms with E-state index in [1.165, 1.54) is 16.5 Å². The summed E-state index contributed by atoms with van der Waals surface area (Å²) in [5.41, 5.74) is 3.52. The van der Waals surface area contributed by atoms with Gasteiger partial charge < -0.3 is 14.9 Å². The number of amides is 3. The Hall–Kier alpha value is -3.30. The molecule has 3 aliphatic heterocycles. The number of halogens is 1. The van der Waals surface area contributed by atoms with Gasteiger partial charge in [0.1, 0.15) is 11.9 Å². The van der Waals surface area contributed by atoms with E-state index in [0.717, 1.165) is 25.2 Å². The van der Waals surface area contributed by atoms with E-state index in [-0.39, 0.29) is 43.4 Å². The van der Waals surface area contributed by atoms with Crippen molar-refractivity contribution in [3.63, 3.8) is 0 Å². The second kappa shape index (κ2) is 9.15. The topological polar surface area (TPSA) is 93.2 Å². The van der Waals surface area contributed by atoms with Crippen molar-refractivity contribution in [2.45, 2.75) is 38.6 Å². The Morgan fingerprint density at radius 1 is 1.00 bits per heavy atom. The van der Waals surface area contributed by atoms with Crippen molar-refractivity contribution in [1.29, 1.82) is 0 Å². The van der Waals surface area contributed by atoms with E-state index in [1.807, 2.05) is 29.2 Å². The predicted molar refractivity (Wildman–Crippen MR) is 122 cm³/mol. The first-order chi connectivity index (χ1) is 16.4. The molecule has 2 saturated heterocycles.